The summed E-state index contributed by atoms with van der Waals surface area (Å²) < 4.78 is 31.6. The van der Waals surface area contributed by atoms with Crippen molar-refractivity contribution in [2.45, 2.75) is 56.7 Å². The molecule has 2 aromatic heterocycles. The number of hydrogen-bond acceptors (Lipinski definition) is 7. The molecule has 12 heteroatoms. The van der Waals surface area contributed by atoms with Gasteiger partial charge in [0.05, 0.1) is 24.6 Å². The molecule has 1 fully saturated rings. The first-order valence-electron chi connectivity index (χ1n) is 14.8. The maximum Gasteiger partial charge on any atom is 0.297 e. The number of para-hydroxylation sites is 1. The van der Waals surface area contributed by atoms with Gasteiger partial charge in [-0.2, -0.15) is 0 Å². The zero-order valence-corrected chi connectivity index (χ0v) is 26.2. The average molecular weight is 618 g/mol. The summed E-state index contributed by atoms with van der Waals surface area (Å²) >= 11 is 0. The van der Waals surface area contributed by atoms with Crippen LogP contribution in [0.15, 0.2) is 77.9 Å². The van der Waals surface area contributed by atoms with Crippen molar-refractivity contribution in [2.75, 3.05) is 18.6 Å². The van der Waals surface area contributed by atoms with E-state index in [0.717, 1.165) is 0 Å². The van der Waals surface area contributed by atoms with E-state index in [0.29, 0.717) is 47.7 Å². The van der Waals surface area contributed by atoms with Crippen LogP contribution in [0, 0.1) is 5.92 Å². The van der Waals surface area contributed by atoms with Gasteiger partial charge < -0.3 is 18.7 Å². The van der Waals surface area contributed by atoms with E-state index in [1.165, 1.54) is 11.7 Å². The van der Waals surface area contributed by atoms with Crippen LogP contribution < -0.4 is 15.2 Å². The van der Waals surface area contributed by atoms with Gasteiger partial charge in [-0.1, -0.05) is 30.3 Å². The van der Waals surface area contributed by atoms with Gasteiger partial charge in [-0.3, -0.25) is 23.7 Å². The zero-order chi connectivity index (χ0) is 31.2. The minimum atomic E-state index is -3.39. The molecular weight excluding hydrogens is 581 g/mol. The Labute approximate surface area is 255 Å². The van der Waals surface area contributed by atoms with E-state index in [2.05, 4.69) is 10.3 Å². The summed E-state index contributed by atoms with van der Waals surface area (Å²) in [6.07, 6.45) is 3.66. The number of nitrogens with zero attached hydrogens (tertiary/aromatic N) is 5. The lowest BCUT2D eigenvalue weighted by Gasteiger charge is -2.31. The summed E-state index contributed by atoms with van der Waals surface area (Å²) in [4.78, 5) is 29.6. The number of pyridine rings is 1. The molecule has 0 radical (unpaired) electrons. The van der Waals surface area contributed by atoms with Crippen LogP contribution in [0.3, 0.4) is 0 Å². The zero-order valence-electron chi connectivity index (χ0n) is 25.2. The van der Waals surface area contributed by atoms with E-state index in [1.54, 1.807) is 53.3 Å². The highest BCUT2D eigenvalue weighted by atomic mass is 28.4. The molecule has 1 spiro atoms. The lowest BCUT2D eigenvalue weighted by atomic mass is 9.82. The highest BCUT2D eigenvalue weighted by Gasteiger charge is 2.67. The SMILES string of the molecule is COc1cccn(-c2ccc3c(c2)[C@]2(O[C@@H](CCn4cc(CCO)nn4)[C@H]([Si](C)(C)F)[C@H]2C)C(=O)N3c2ccccc2)c1=O. The molecule has 4 atom stereocenters. The standard InChI is InChI=1S/C32H36FN5O5Si/c1-21-29(44(3,4)33)27(14-17-36-20-22(15-18-39)34-35-36)43-32(21)25-19-24(37-16-8-11-28(42-2)30(37)40)12-13-26(25)38(31(32)41)23-9-6-5-7-10-23/h5-13,16,19-21,27,29,39H,14-15,17-18H2,1-4H3/t21-,27+,29-,32+/m1/s1. The second kappa shape index (κ2) is 11.4. The maximum absolute atomic E-state index is 16.3. The lowest BCUT2D eigenvalue weighted by Crippen LogP contribution is -2.44. The number of carbonyl (C=O) groups is 1. The van der Waals surface area contributed by atoms with Gasteiger partial charge in [-0.25, -0.2) is 0 Å². The number of aliphatic hydroxyl groups is 1. The third kappa shape index (κ3) is 4.86. The minimum absolute atomic E-state index is 0.0303. The minimum Gasteiger partial charge on any atom is -0.491 e. The Morgan fingerprint density at radius 1 is 1.09 bits per heavy atom. The molecule has 1 amide bonds. The van der Waals surface area contributed by atoms with E-state index >= 15 is 4.11 Å². The second-order valence-corrected chi connectivity index (χ2v) is 15.7. The predicted molar refractivity (Wildman–Crippen MR) is 166 cm³/mol. The van der Waals surface area contributed by atoms with Crippen molar-refractivity contribution in [3.63, 3.8) is 0 Å². The van der Waals surface area contributed by atoms with E-state index in [4.69, 9.17) is 9.47 Å². The summed E-state index contributed by atoms with van der Waals surface area (Å²) in [6, 6.07) is 18.1. The van der Waals surface area contributed by atoms with Gasteiger partial charge in [0.2, 0.25) is 8.41 Å². The Bertz CT molecular complexity index is 1740. The average Bonchev–Trinajstić information content (AvgIpc) is 3.65. The van der Waals surface area contributed by atoms with Crippen LogP contribution in [0.1, 0.15) is 24.6 Å². The molecule has 2 aromatic carbocycles. The summed E-state index contributed by atoms with van der Waals surface area (Å²) in [6.45, 7) is 5.63. The molecular formula is C32H36FN5O5Si. The fraction of sp³-hybridized carbons (Fsp3) is 0.375. The molecule has 4 heterocycles. The number of rotatable bonds is 9. The summed E-state index contributed by atoms with van der Waals surface area (Å²) in [5.74, 6) is -0.592. The van der Waals surface area contributed by atoms with E-state index in [9.17, 15) is 14.7 Å². The number of fused-ring (bicyclic) bond motifs is 2. The molecule has 230 valence electrons. The number of anilines is 2. The van der Waals surface area contributed by atoms with Crippen LogP contribution in [-0.4, -0.2) is 58.8 Å². The van der Waals surface area contributed by atoms with Crippen molar-refractivity contribution in [1.82, 2.24) is 19.6 Å². The predicted octanol–water partition coefficient (Wildman–Crippen LogP) is 4.52. The fourth-order valence-corrected chi connectivity index (χ4v) is 9.53. The third-order valence-corrected chi connectivity index (χ3v) is 11.3. The number of halogens is 1. The Morgan fingerprint density at radius 2 is 1.86 bits per heavy atom. The molecule has 6 rings (SSSR count). The Hall–Kier alpha value is -4.13. The molecule has 2 aliphatic rings. The molecule has 1 N–H and O–H groups in total. The van der Waals surface area contributed by atoms with Gasteiger partial charge in [0.25, 0.3) is 11.5 Å². The molecule has 44 heavy (non-hydrogen) atoms. The van der Waals surface area contributed by atoms with Crippen LogP contribution in [0.25, 0.3) is 5.69 Å². The van der Waals surface area contributed by atoms with Crippen LogP contribution in [0.5, 0.6) is 5.75 Å². The summed E-state index contributed by atoms with van der Waals surface area (Å²) in [5.41, 5.74) is 0.807. The largest absolute Gasteiger partial charge is 0.491 e. The molecule has 0 saturated carbocycles. The Balaban J connectivity index is 1.47. The number of aliphatic hydroxyl groups excluding tert-OH is 1. The van der Waals surface area contributed by atoms with Crippen molar-refractivity contribution < 1.29 is 23.5 Å². The highest BCUT2D eigenvalue weighted by molar-refractivity contribution is 6.72. The Morgan fingerprint density at radius 3 is 2.57 bits per heavy atom. The first-order valence-corrected chi connectivity index (χ1v) is 17.7. The van der Waals surface area contributed by atoms with E-state index in [-0.39, 0.29) is 23.8 Å². The number of methoxy groups -OCH3 is 1. The van der Waals surface area contributed by atoms with Crippen LogP contribution >= 0.6 is 0 Å². The van der Waals surface area contributed by atoms with E-state index in [1.807, 2.05) is 49.4 Å². The highest BCUT2D eigenvalue weighted by Crippen LogP contribution is 2.61. The smallest absolute Gasteiger partial charge is 0.297 e. The number of hydrogen-bond donors (Lipinski definition) is 1. The van der Waals surface area contributed by atoms with Gasteiger partial charge in [0.15, 0.2) is 11.4 Å². The van der Waals surface area contributed by atoms with Crippen molar-refractivity contribution in [3.05, 3.63) is 94.7 Å². The number of benzene rings is 2. The van der Waals surface area contributed by atoms with Crippen LogP contribution in [0.4, 0.5) is 15.5 Å². The van der Waals surface area contributed by atoms with Crippen molar-refractivity contribution >= 4 is 25.7 Å². The van der Waals surface area contributed by atoms with Gasteiger partial charge in [0.1, 0.15) is 0 Å². The number of amides is 1. The number of aromatic nitrogens is 4. The monoisotopic (exact) mass is 617 g/mol. The Kier molecular flexibility index (Phi) is 7.76. The van der Waals surface area contributed by atoms with Crippen LogP contribution in [0.2, 0.25) is 18.6 Å². The molecule has 0 aliphatic carbocycles. The summed E-state index contributed by atoms with van der Waals surface area (Å²) in [5, 5.41) is 17.5. The quantitative estimate of drug-likeness (QED) is 0.217. The molecule has 1 saturated heterocycles. The van der Waals surface area contributed by atoms with Gasteiger partial charge >= 0.3 is 0 Å². The lowest BCUT2D eigenvalue weighted by molar-refractivity contribution is -0.145. The van der Waals surface area contributed by atoms with Crippen molar-refractivity contribution in [2.24, 2.45) is 5.92 Å². The fourth-order valence-electron chi connectivity index (χ4n) is 6.98. The van der Waals surface area contributed by atoms with Gasteiger partial charge in [0, 0.05) is 60.4 Å². The molecule has 10 nitrogen and oxygen atoms in total. The number of ether oxygens (including phenoxy) is 2. The normalized spacial score (nSPS) is 23.0. The second-order valence-electron chi connectivity index (χ2n) is 11.9. The molecule has 4 aromatic rings. The van der Waals surface area contributed by atoms with Crippen LogP contribution in [-0.2, 0) is 28.1 Å². The van der Waals surface area contributed by atoms with Crippen molar-refractivity contribution in [3.8, 4) is 11.4 Å². The molecule has 0 unspecified atom stereocenters. The number of aryl methyl sites for hydroxylation is 1. The summed E-state index contributed by atoms with van der Waals surface area (Å²) in [7, 11) is -1.94. The topological polar surface area (TPSA) is 112 Å². The third-order valence-electron chi connectivity index (χ3n) is 8.87. The first kappa shape index (κ1) is 29.9. The first-order chi connectivity index (χ1) is 21.1. The van der Waals surface area contributed by atoms with E-state index < -0.39 is 31.6 Å². The molecule has 2 aliphatic heterocycles. The van der Waals surface area contributed by atoms with Gasteiger partial charge in [-0.15, -0.1) is 5.10 Å². The molecule has 0 bridgehead atoms. The van der Waals surface area contributed by atoms with Gasteiger partial charge in [-0.05, 0) is 62.0 Å². The number of carbonyl (C=O) groups excluding carboxylic acids is 1. The van der Waals surface area contributed by atoms with Crippen molar-refractivity contribution in [1.29, 1.82) is 0 Å². The maximum atomic E-state index is 16.3.